The molecule has 8 heteroatoms. The van der Waals surface area contributed by atoms with Crippen molar-refractivity contribution >= 4 is 29.5 Å². The van der Waals surface area contributed by atoms with Crippen molar-refractivity contribution in [1.82, 2.24) is 15.1 Å². The minimum atomic E-state index is 0.233. The number of piperazine rings is 1. The van der Waals surface area contributed by atoms with Gasteiger partial charge in [-0.05, 0) is 103 Å². The lowest BCUT2D eigenvalue weighted by atomic mass is 9.78. The molecular weight excluding hydrogens is 538 g/mol. The van der Waals surface area contributed by atoms with Gasteiger partial charge in [0, 0.05) is 59.2 Å². The first-order chi connectivity index (χ1) is 20.4. The molecule has 2 aliphatic heterocycles. The first-order valence-electron chi connectivity index (χ1n) is 16.1. The molecule has 1 spiro atoms. The number of nitriles is 1. The molecule has 1 unspecified atom stereocenters. The molecule has 2 saturated heterocycles. The average molecular weight is 588 g/mol. The van der Waals surface area contributed by atoms with Crippen LogP contribution in [0.25, 0.3) is 0 Å². The lowest BCUT2D eigenvalue weighted by Gasteiger charge is -2.35. The standard InChI is InChI=1S/C34H49N7S/c1-5-8-28(24(2)29-10-6-11-31-33(29)25(20-35)22-42-31)30(36)21-38-26(12-13-27-9-7-17-40(27)4)19-32(37-3)41-18-16-39-34(23-41)14-15-34/h19,22,27,29,36,39H,3,5-18,21,23H2,1-2,4H3/b28-24+,32-19+,36-30?,38-26?/t27?,29-/m1/s1. The summed E-state index contributed by atoms with van der Waals surface area (Å²) in [5.74, 6) is 1.15. The Balaban J connectivity index is 1.39. The monoisotopic (exact) mass is 587 g/mol. The Kier molecular flexibility index (Phi) is 10.1. The van der Waals surface area contributed by atoms with Gasteiger partial charge in [0.25, 0.3) is 0 Å². The van der Waals surface area contributed by atoms with Crippen LogP contribution in [0.4, 0.5) is 0 Å². The van der Waals surface area contributed by atoms with Gasteiger partial charge >= 0.3 is 0 Å². The number of allylic oxidation sites excluding steroid dienone is 2. The summed E-state index contributed by atoms with van der Waals surface area (Å²) in [4.78, 5) is 15.8. The van der Waals surface area contributed by atoms with Crippen LogP contribution in [-0.2, 0) is 6.42 Å². The van der Waals surface area contributed by atoms with Crippen LogP contribution in [0.1, 0.15) is 100.0 Å². The number of aliphatic imine (C=N–C) groups is 2. The van der Waals surface area contributed by atoms with Crippen LogP contribution in [-0.4, -0.2) is 79.3 Å². The summed E-state index contributed by atoms with van der Waals surface area (Å²) in [6, 6.07) is 3.03. The topological polar surface area (TPSA) is 90.9 Å². The second-order valence-electron chi connectivity index (χ2n) is 12.8. The van der Waals surface area contributed by atoms with Crippen LogP contribution in [0.5, 0.6) is 0 Å². The normalized spacial score (nSPS) is 24.8. The minimum Gasteiger partial charge on any atom is -0.353 e. The predicted octanol–water partition coefficient (Wildman–Crippen LogP) is 6.47. The van der Waals surface area contributed by atoms with Gasteiger partial charge in [0.2, 0.25) is 0 Å². The molecule has 0 aromatic carbocycles. The number of hydrogen-bond donors (Lipinski definition) is 2. The number of rotatable bonds is 12. The number of nitrogens with zero attached hydrogens (tertiary/aromatic N) is 5. The highest BCUT2D eigenvalue weighted by atomic mass is 32.1. The van der Waals surface area contributed by atoms with E-state index in [-0.39, 0.29) is 11.5 Å². The zero-order valence-corrected chi connectivity index (χ0v) is 26.8. The van der Waals surface area contributed by atoms with Crippen molar-refractivity contribution < 1.29 is 0 Å². The molecule has 4 aliphatic rings. The Labute approximate surface area is 257 Å². The minimum absolute atomic E-state index is 0.233. The Morgan fingerprint density at radius 2 is 2.12 bits per heavy atom. The van der Waals surface area contributed by atoms with Crippen molar-refractivity contribution in [1.29, 1.82) is 10.7 Å². The molecule has 3 fully saturated rings. The van der Waals surface area contributed by atoms with Crippen LogP contribution < -0.4 is 5.32 Å². The molecule has 1 aromatic heterocycles. The fourth-order valence-electron chi connectivity index (χ4n) is 7.31. The van der Waals surface area contributed by atoms with E-state index in [2.05, 4.69) is 59.9 Å². The largest absolute Gasteiger partial charge is 0.353 e. The third-order valence-corrected chi connectivity index (χ3v) is 11.1. The van der Waals surface area contributed by atoms with Gasteiger partial charge in [-0.15, -0.1) is 11.3 Å². The van der Waals surface area contributed by atoms with Gasteiger partial charge in [-0.3, -0.25) is 4.99 Å². The van der Waals surface area contributed by atoms with Gasteiger partial charge in [0.1, 0.15) is 11.9 Å². The summed E-state index contributed by atoms with van der Waals surface area (Å²) >= 11 is 1.73. The second kappa shape index (κ2) is 13.8. The van der Waals surface area contributed by atoms with E-state index in [4.69, 9.17) is 4.99 Å². The summed E-state index contributed by atoms with van der Waals surface area (Å²) in [7, 11) is 2.24. The lowest BCUT2D eigenvalue weighted by molar-refractivity contribution is 0.233. The summed E-state index contributed by atoms with van der Waals surface area (Å²) in [5.41, 5.74) is 6.36. The smallest absolute Gasteiger partial charge is 0.129 e. The second-order valence-corrected chi connectivity index (χ2v) is 13.8. The summed E-state index contributed by atoms with van der Waals surface area (Å²) < 4.78 is 0. The van der Waals surface area contributed by atoms with Gasteiger partial charge in [-0.2, -0.15) is 5.26 Å². The highest BCUT2D eigenvalue weighted by Crippen LogP contribution is 2.43. The van der Waals surface area contributed by atoms with E-state index < -0.39 is 0 Å². The molecular formula is C34H49N7S. The summed E-state index contributed by atoms with van der Waals surface area (Å²) in [6.45, 7) is 12.8. The van der Waals surface area contributed by atoms with Crippen molar-refractivity contribution in [3.8, 4) is 6.07 Å². The molecule has 3 heterocycles. The molecule has 0 amide bonds. The van der Waals surface area contributed by atoms with Crippen LogP contribution in [0, 0.1) is 16.7 Å². The van der Waals surface area contributed by atoms with Crippen molar-refractivity contribution in [2.45, 2.75) is 102 Å². The molecule has 5 rings (SSSR count). The molecule has 2 aliphatic carbocycles. The van der Waals surface area contributed by atoms with Crippen LogP contribution in [0.3, 0.4) is 0 Å². The molecule has 2 atom stereocenters. The third kappa shape index (κ3) is 6.96. The Hall–Kier alpha value is -2.60. The summed E-state index contributed by atoms with van der Waals surface area (Å²) in [5, 5.41) is 24.8. The third-order valence-electron chi connectivity index (χ3n) is 9.99. The zero-order chi connectivity index (χ0) is 29.7. The number of likely N-dealkylation sites (tertiary alicyclic amines) is 1. The maximum atomic E-state index is 9.80. The first kappa shape index (κ1) is 30.8. The molecule has 1 saturated carbocycles. The molecule has 42 heavy (non-hydrogen) atoms. The number of thiophene rings is 1. The number of nitrogens with one attached hydrogen (secondary N) is 2. The van der Waals surface area contributed by atoms with Gasteiger partial charge in [0.15, 0.2) is 0 Å². The van der Waals surface area contributed by atoms with Crippen molar-refractivity contribution in [2.75, 3.05) is 39.8 Å². The van der Waals surface area contributed by atoms with Crippen molar-refractivity contribution in [3.63, 3.8) is 0 Å². The van der Waals surface area contributed by atoms with E-state index in [1.807, 2.05) is 5.38 Å². The quantitative estimate of drug-likeness (QED) is 0.274. The van der Waals surface area contributed by atoms with Crippen molar-refractivity contribution in [3.05, 3.63) is 44.4 Å². The Morgan fingerprint density at radius 3 is 2.81 bits per heavy atom. The Bertz CT molecular complexity index is 1290. The molecule has 1 aromatic rings. The SMILES string of the molecule is C=N/C(=C\C(CCC1CCCN1C)=NCC(=N)/C(CCC)=C(\C)[C@H]1CCCc2scc(C#N)c21)N1CCNC2(CC2)C1. The highest BCUT2D eigenvalue weighted by Gasteiger charge is 2.45. The zero-order valence-electron chi connectivity index (χ0n) is 26.0. The van der Waals surface area contributed by atoms with Crippen LogP contribution >= 0.6 is 11.3 Å². The van der Waals surface area contributed by atoms with E-state index in [0.29, 0.717) is 18.3 Å². The predicted molar refractivity (Wildman–Crippen MR) is 176 cm³/mol. The fourth-order valence-corrected chi connectivity index (χ4v) is 8.40. The van der Waals surface area contributed by atoms with Crippen LogP contribution in [0.15, 0.2) is 38.4 Å². The summed E-state index contributed by atoms with van der Waals surface area (Å²) in [6.07, 6.45) is 14.2. The first-order valence-corrected chi connectivity index (χ1v) is 17.0. The maximum Gasteiger partial charge on any atom is 0.129 e. The maximum absolute atomic E-state index is 9.80. The van der Waals surface area contributed by atoms with Gasteiger partial charge in [0.05, 0.1) is 17.8 Å². The van der Waals surface area contributed by atoms with Gasteiger partial charge in [-0.25, -0.2) is 4.99 Å². The molecule has 0 radical (unpaired) electrons. The van der Waals surface area contributed by atoms with E-state index in [0.717, 1.165) is 87.2 Å². The van der Waals surface area contributed by atoms with Crippen LogP contribution in [0.2, 0.25) is 0 Å². The van der Waals surface area contributed by atoms with E-state index >= 15 is 0 Å². The number of hydrogen-bond acceptors (Lipinski definition) is 8. The number of fused-ring (bicyclic) bond motifs is 1. The van der Waals surface area contributed by atoms with E-state index in [9.17, 15) is 10.7 Å². The molecule has 2 N–H and O–H groups in total. The van der Waals surface area contributed by atoms with E-state index in [1.54, 1.807) is 11.3 Å². The van der Waals surface area contributed by atoms with Gasteiger partial charge < -0.3 is 20.5 Å². The average Bonchev–Trinajstić information content (AvgIpc) is 3.39. The Morgan fingerprint density at radius 1 is 1.29 bits per heavy atom. The fraction of sp³-hybridized carbons (Fsp3) is 0.647. The van der Waals surface area contributed by atoms with Crippen molar-refractivity contribution in [2.24, 2.45) is 9.98 Å². The molecule has 226 valence electrons. The molecule has 7 nitrogen and oxygen atoms in total. The van der Waals surface area contributed by atoms with E-state index in [1.165, 1.54) is 48.2 Å². The molecule has 0 bridgehead atoms. The van der Waals surface area contributed by atoms with Gasteiger partial charge in [-0.1, -0.05) is 18.9 Å². The number of aryl methyl sites for hydroxylation is 1. The lowest BCUT2D eigenvalue weighted by Crippen LogP contribution is -2.51. The highest BCUT2D eigenvalue weighted by molar-refractivity contribution is 7.10.